The molecule has 104 heavy (non-hydrogen) atoms. The van der Waals surface area contributed by atoms with Gasteiger partial charge in [-0.25, -0.2) is 0 Å². The molecule has 14 aromatic heterocycles. The Hall–Kier alpha value is -13.5. The first kappa shape index (κ1) is 74.8. The molecule has 0 radical (unpaired) electrons. The molecule has 2 aromatic carbocycles. The van der Waals surface area contributed by atoms with Gasteiger partial charge in [0.15, 0.2) is 0 Å². The first-order valence-electron chi connectivity index (χ1n) is 33.8. The second-order valence-corrected chi connectivity index (χ2v) is 24.0. The Bertz CT molecular complexity index is 4130. The summed E-state index contributed by atoms with van der Waals surface area (Å²) in [5.74, 6) is 0. The van der Waals surface area contributed by atoms with Crippen LogP contribution >= 0.6 is 0 Å². The van der Waals surface area contributed by atoms with E-state index in [9.17, 15) is 0 Å². The zero-order chi connectivity index (χ0) is 72.8. The maximum Gasteiger partial charge on any atom is 0.0888 e. The SMILES string of the molecule is Cc1cc(-c2ccccc2)ccn1.Cc1ccnc(-c2ccccn2)c1.Cc1ccnc(-c2cccnc2)c1.Cc1ccnc(-c2ccncc2)c1.Cc1cncc(-c2ccccc2)c1.Cc1cncc(-c2ccccn2)c1.Cc1cncc(-c2cccnc2)c1.Cc1cncc(-c2ccncc2)c1. The summed E-state index contributed by atoms with van der Waals surface area (Å²) >= 11 is 0. The maximum atomic E-state index is 4.28. The number of benzene rings is 2. The molecular weight excluding hydrogens is 1280 g/mol. The highest BCUT2D eigenvalue weighted by molar-refractivity contribution is 5.66. The van der Waals surface area contributed by atoms with E-state index in [2.05, 4.69) is 157 Å². The topological polar surface area (TPSA) is 180 Å². The van der Waals surface area contributed by atoms with Crippen molar-refractivity contribution >= 4 is 0 Å². The molecule has 0 fully saturated rings. The van der Waals surface area contributed by atoms with Gasteiger partial charge in [0.25, 0.3) is 0 Å². The molecule has 14 heteroatoms. The molecular formula is C90H82N14. The number of nitrogens with zero attached hydrogens (tertiary/aromatic N) is 14. The van der Waals surface area contributed by atoms with Crippen molar-refractivity contribution in [2.75, 3.05) is 0 Å². The van der Waals surface area contributed by atoms with Crippen molar-refractivity contribution in [2.24, 2.45) is 0 Å². The minimum atomic E-state index is 0.922. The smallest absolute Gasteiger partial charge is 0.0888 e. The van der Waals surface area contributed by atoms with Crippen molar-refractivity contribution in [3.05, 3.63) is 399 Å². The van der Waals surface area contributed by atoms with Gasteiger partial charge in [-0.1, -0.05) is 78.9 Å². The first-order chi connectivity index (χ1) is 50.9. The van der Waals surface area contributed by atoms with Crippen molar-refractivity contribution in [1.82, 2.24) is 69.8 Å². The Labute approximate surface area is 610 Å². The highest BCUT2D eigenvalue weighted by Gasteiger charge is 2.04. The molecule has 16 aromatic rings. The molecule has 0 N–H and O–H groups in total. The molecule has 0 saturated carbocycles. The Balaban J connectivity index is 0.000000138. The van der Waals surface area contributed by atoms with Crippen LogP contribution in [0.1, 0.15) is 44.6 Å². The lowest BCUT2D eigenvalue weighted by atomic mass is 10.1. The van der Waals surface area contributed by atoms with E-state index in [1.807, 2.05) is 267 Å². The summed E-state index contributed by atoms with van der Waals surface area (Å²) in [6.07, 6.45) is 40.0. The summed E-state index contributed by atoms with van der Waals surface area (Å²) in [5.41, 5.74) is 26.8. The average molecular weight is 1360 g/mol. The molecule has 14 heterocycles. The maximum absolute atomic E-state index is 4.28. The summed E-state index contributed by atoms with van der Waals surface area (Å²) in [6, 6.07) is 72.7. The minimum Gasteiger partial charge on any atom is -0.265 e. The fourth-order valence-corrected chi connectivity index (χ4v) is 10.0. The predicted molar refractivity (Wildman–Crippen MR) is 422 cm³/mol. The van der Waals surface area contributed by atoms with Crippen molar-refractivity contribution in [2.45, 2.75) is 55.4 Å². The fourth-order valence-electron chi connectivity index (χ4n) is 10.0. The van der Waals surface area contributed by atoms with Crippen LogP contribution in [0.5, 0.6) is 0 Å². The van der Waals surface area contributed by atoms with Crippen molar-refractivity contribution in [3.63, 3.8) is 0 Å². The molecule has 0 bridgehead atoms. The second kappa shape index (κ2) is 41.2. The van der Waals surface area contributed by atoms with Gasteiger partial charge in [0.2, 0.25) is 0 Å². The number of aryl methyl sites for hydroxylation is 8. The lowest BCUT2D eigenvalue weighted by Gasteiger charge is -2.00. The van der Waals surface area contributed by atoms with Crippen LogP contribution in [-0.4, -0.2) is 69.8 Å². The van der Waals surface area contributed by atoms with Gasteiger partial charge < -0.3 is 0 Å². The number of hydrogen-bond acceptors (Lipinski definition) is 14. The Morgan fingerprint density at radius 1 is 0.154 bits per heavy atom. The summed E-state index contributed by atoms with van der Waals surface area (Å²) in [5, 5.41) is 0. The van der Waals surface area contributed by atoms with Gasteiger partial charge in [0.05, 0.1) is 28.5 Å². The van der Waals surface area contributed by atoms with Gasteiger partial charge >= 0.3 is 0 Å². The number of hydrogen-bond donors (Lipinski definition) is 0. The standard InChI is InChI=1S/2C12H11N.6C11H10N2/c1-10-7-12(9-13-8-10)11-5-3-2-4-6-11;1-10-9-12(7-8-13-10)11-5-3-2-4-6-11;1-9-2-7-13-11(8-9)10-3-5-12-6-4-10;1-9-6-11(8-13-7-9)10-2-4-12-5-3-10;1-9-4-6-13-11(7-9)10-3-2-5-12-8-10;1-9-5-11(8-13-6-9)10-3-2-4-12-7-10;1-9-5-7-13-11(8-9)10-4-2-3-6-12-10;1-9-6-10(8-12-7-9)11-4-2-3-5-13-11/h2*2-9H,1H3;6*2-8H,1H3. The molecule has 512 valence electrons. The molecule has 0 aliphatic heterocycles. The van der Waals surface area contributed by atoms with E-state index in [4.69, 9.17) is 0 Å². The van der Waals surface area contributed by atoms with Gasteiger partial charge in [-0.3, -0.25) is 69.8 Å². The third-order valence-electron chi connectivity index (χ3n) is 15.2. The molecule has 0 amide bonds. The highest BCUT2D eigenvalue weighted by atomic mass is 14.8. The quantitative estimate of drug-likeness (QED) is 0.140. The van der Waals surface area contributed by atoms with Crippen molar-refractivity contribution in [3.8, 4) is 89.7 Å². The molecule has 14 nitrogen and oxygen atoms in total. The second-order valence-electron chi connectivity index (χ2n) is 24.0. The van der Waals surface area contributed by atoms with E-state index in [0.717, 1.165) is 78.7 Å². The summed E-state index contributed by atoms with van der Waals surface area (Å²) in [6.45, 7) is 16.3. The Kier molecular flexibility index (Phi) is 29.6. The van der Waals surface area contributed by atoms with E-state index in [0.29, 0.717) is 0 Å². The normalized spacial score (nSPS) is 9.92. The summed E-state index contributed by atoms with van der Waals surface area (Å²) in [4.78, 5) is 58.0. The molecule has 16 rings (SSSR count). The minimum absolute atomic E-state index is 0.922. The molecule has 0 atom stereocenters. The number of aromatic nitrogens is 14. The number of pyridine rings is 14. The van der Waals surface area contributed by atoms with E-state index < -0.39 is 0 Å². The van der Waals surface area contributed by atoms with Gasteiger partial charge in [0, 0.05) is 181 Å². The first-order valence-corrected chi connectivity index (χ1v) is 33.8. The monoisotopic (exact) mass is 1360 g/mol. The zero-order valence-electron chi connectivity index (χ0n) is 59.7. The molecule has 0 saturated heterocycles. The van der Waals surface area contributed by atoms with Crippen LogP contribution in [-0.2, 0) is 0 Å². The van der Waals surface area contributed by atoms with Crippen molar-refractivity contribution < 1.29 is 0 Å². The third kappa shape index (κ3) is 25.7. The summed E-state index contributed by atoms with van der Waals surface area (Å²) < 4.78 is 0. The third-order valence-corrected chi connectivity index (χ3v) is 15.2. The van der Waals surface area contributed by atoms with Gasteiger partial charge in [0.1, 0.15) is 0 Å². The van der Waals surface area contributed by atoms with Crippen LogP contribution in [0.4, 0.5) is 0 Å². The largest absolute Gasteiger partial charge is 0.265 e. The van der Waals surface area contributed by atoms with Crippen LogP contribution in [0, 0.1) is 55.4 Å². The fraction of sp³-hybridized carbons (Fsp3) is 0.0889. The molecule has 0 aliphatic carbocycles. The van der Waals surface area contributed by atoms with Crippen molar-refractivity contribution in [1.29, 1.82) is 0 Å². The lowest BCUT2D eigenvalue weighted by molar-refractivity contribution is 1.20. The van der Waals surface area contributed by atoms with E-state index in [-0.39, 0.29) is 0 Å². The zero-order valence-corrected chi connectivity index (χ0v) is 59.7. The summed E-state index contributed by atoms with van der Waals surface area (Å²) in [7, 11) is 0. The van der Waals surface area contributed by atoms with Crippen LogP contribution < -0.4 is 0 Å². The van der Waals surface area contributed by atoms with Gasteiger partial charge in [-0.2, -0.15) is 0 Å². The lowest BCUT2D eigenvalue weighted by Crippen LogP contribution is -1.86. The van der Waals surface area contributed by atoms with Gasteiger partial charge in [-0.05, 0) is 256 Å². The van der Waals surface area contributed by atoms with E-state index in [1.165, 1.54) is 55.6 Å². The Morgan fingerprint density at radius 2 is 0.500 bits per heavy atom. The molecule has 0 spiro atoms. The number of rotatable bonds is 8. The van der Waals surface area contributed by atoms with E-state index >= 15 is 0 Å². The van der Waals surface area contributed by atoms with Crippen LogP contribution in [0.25, 0.3) is 89.7 Å². The predicted octanol–water partition coefficient (Wildman–Crippen LogP) is 20.8. The molecule has 0 unspecified atom stereocenters. The average Bonchev–Trinajstić information content (AvgIpc) is 0.992. The van der Waals surface area contributed by atoms with Crippen LogP contribution in [0.2, 0.25) is 0 Å². The van der Waals surface area contributed by atoms with Gasteiger partial charge in [-0.15, -0.1) is 0 Å². The van der Waals surface area contributed by atoms with Crippen LogP contribution in [0.3, 0.4) is 0 Å². The Morgan fingerprint density at radius 3 is 0.942 bits per heavy atom. The molecule has 0 aliphatic rings. The van der Waals surface area contributed by atoms with Crippen LogP contribution in [0.15, 0.2) is 355 Å². The van der Waals surface area contributed by atoms with E-state index in [1.54, 1.807) is 55.8 Å². The highest BCUT2D eigenvalue weighted by Crippen LogP contribution is 2.23.